The first-order valence-corrected chi connectivity index (χ1v) is 5.53. The van der Waals surface area contributed by atoms with Gasteiger partial charge in [0.05, 0.1) is 12.3 Å². The average Bonchev–Trinajstić information content (AvgIpc) is 2.12. The molecule has 0 saturated carbocycles. The Kier molecular flexibility index (Phi) is 6.15. The van der Waals surface area contributed by atoms with Crippen LogP contribution in [0.5, 0.6) is 0 Å². The minimum Gasteiger partial charge on any atom is -0.481 e. The number of carboxylic acids is 2. The van der Waals surface area contributed by atoms with E-state index < -0.39 is 36.0 Å². The molecule has 0 unspecified atom stereocenters. The van der Waals surface area contributed by atoms with Crippen molar-refractivity contribution >= 4 is 18.0 Å². The third-order valence-corrected chi connectivity index (χ3v) is 1.93. The molecule has 0 fully saturated rings. The zero-order valence-electron chi connectivity index (χ0n) is 10.7. The smallest absolute Gasteiger partial charge is 0.407 e. The minimum atomic E-state index is -1.19. The van der Waals surface area contributed by atoms with Crippen molar-refractivity contribution in [3.05, 3.63) is 0 Å². The van der Waals surface area contributed by atoms with Gasteiger partial charge in [-0.3, -0.25) is 9.59 Å². The van der Waals surface area contributed by atoms with Gasteiger partial charge in [0.1, 0.15) is 5.60 Å². The number of ether oxygens (including phenoxy) is 1. The molecule has 7 nitrogen and oxygen atoms in total. The summed E-state index contributed by atoms with van der Waals surface area (Å²) in [5.41, 5.74) is -0.628. The number of carbonyl (C=O) groups excluding carboxylic acids is 1. The van der Waals surface area contributed by atoms with Crippen molar-refractivity contribution in [2.75, 3.05) is 6.54 Å². The van der Waals surface area contributed by atoms with Gasteiger partial charge in [-0.05, 0) is 27.2 Å². The molecule has 0 aromatic heterocycles. The predicted octanol–water partition coefficient (Wildman–Crippen LogP) is 1.08. The quantitative estimate of drug-likeness (QED) is 0.659. The van der Waals surface area contributed by atoms with E-state index >= 15 is 0 Å². The Bertz CT molecular complexity index is 320. The van der Waals surface area contributed by atoms with E-state index in [-0.39, 0.29) is 13.0 Å². The maximum Gasteiger partial charge on any atom is 0.407 e. The standard InChI is InChI=1S/C11H19NO6/c1-11(2,3)18-10(17)12-5-4-7(9(15)16)6-8(13)14/h7H,4-6H2,1-3H3,(H,12,17)(H,13,14)(H,15,16)/t7-/m0/s1. The Labute approximate surface area is 105 Å². The largest absolute Gasteiger partial charge is 0.481 e. The normalized spacial score (nSPS) is 12.6. The van der Waals surface area contributed by atoms with Crippen molar-refractivity contribution in [3.63, 3.8) is 0 Å². The van der Waals surface area contributed by atoms with Gasteiger partial charge in [-0.1, -0.05) is 0 Å². The van der Waals surface area contributed by atoms with Crippen LogP contribution in [0.25, 0.3) is 0 Å². The molecule has 0 radical (unpaired) electrons. The highest BCUT2D eigenvalue weighted by Crippen LogP contribution is 2.09. The molecule has 0 saturated heterocycles. The summed E-state index contributed by atoms with van der Waals surface area (Å²) in [7, 11) is 0. The number of rotatable bonds is 6. The minimum absolute atomic E-state index is 0.0425. The third-order valence-electron chi connectivity index (χ3n) is 1.93. The van der Waals surface area contributed by atoms with Crippen molar-refractivity contribution in [2.45, 2.75) is 39.2 Å². The fourth-order valence-electron chi connectivity index (χ4n) is 1.19. The predicted molar refractivity (Wildman–Crippen MR) is 62.2 cm³/mol. The van der Waals surface area contributed by atoms with Gasteiger partial charge in [0.15, 0.2) is 0 Å². The number of aliphatic carboxylic acids is 2. The molecule has 1 atom stereocenters. The molecule has 0 aromatic rings. The number of hydrogen-bond acceptors (Lipinski definition) is 4. The van der Waals surface area contributed by atoms with Crippen molar-refractivity contribution in [2.24, 2.45) is 5.92 Å². The zero-order chi connectivity index (χ0) is 14.3. The Morgan fingerprint density at radius 3 is 2.17 bits per heavy atom. The van der Waals surface area contributed by atoms with E-state index in [0.29, 0.717) is 0 Å². The second-order valence-corrected chi connectivity index (χ2v) is 4.85. The molecule has 18 heavy (non-hydrogen) atoms. The highest BCUT2D eigenvalue weighted by molar-refractivity contribution is 5.77. The van der Waals surface area contributed by atoms with Crippen molar-refractivity contribution < 1.29 is 29.3 Å². The molecule has 0 aliphatic rings. The lowest BCUT2D eigenvalue weighted by Gasteiger charge is -2.20. The van der Waals surface area contributed by atoms with Crippen LogP contribution in [0.1, 0.15) is 33.6 Å². The molecule has 0 aliphatic heterocycles. The van der Waals surface area contributed by atoms with E-state index in [4.69, 9.17) is 14.9 Å². The maximum absolute atomic E-state index is 11.2. The molecule has 0 rings (SSSR count). The van der Waals surface area contributed by atoms with E-state index in [0.717, 1.165) is 0 Å². The maximum atomic E-state index is 11.2. The molecule has 0 bridgehead atoms. The summed E-state index contributed by atoms with van der Waals surface area (Å²) in [6, 6.07) is 0. The monoisotopic (exact) mass is 261 g/mol. The summed E-state index contributed by atoms with van der Waals surface area (Å²) in [6.45, 7) is 5.17. The van der Waals surface area contributed by atoms with Gasteiger partial charge in [-0.25, -0.2) is 4.79 Å². The molecule has 0 aromatic carbocycles. The van der Waals surface area contributed by atoms with Crippen LogP contribution in [-0.2, 0) is 14.3 Å². The van der Waals surface area contributed by atoms with E-state index in [1.165, 1.54) is 0 Å². The van der Waals surface area contributed by atoms with Gasteiger partial charge in [0.25, 0.3) is 0 Å². The summed E-state index contributed by atoms with van der Waals surface area (Å²) in [5.74, 6) is -3.39. The molecular weight excluding hydrogens is 242 g/mol. The number of alkyl carbamates (subject to hydrolysis) is 1. The molecule has 7 heteroatoms. The van der Waals surface area contributed by atoms with E-state index in [1.807, 2.05) is 0 Å². The Hall–Kier alpha value is -1.79. The van der Waals surface area contributed by atoms with E-state index in [1.54, 1.807) is 20.8 Å². The highest BCUT2D eigenvalue weighted by atomic mass is 16.6. The molecule has 0 spiro atoms. The lowest BCUT2D eigenvalue weighted by molar-refractivity contribution is -0.148. The van der Waals surface area contributed by atoms with E-state index in [2.05, 4.69) is 5.32 Å². The molecule has 0 aliphatic carbocycles. The number of carboxylic acid groups (broad SMARTS) is 2. The van der Waals surface area contributed by atoms with Gasteiger partial charge in [-0.15, -0.1) is 0 Å². The number of hydrogen-bond donors (Lipinski definition) is 3. The fraction of sp³-hybridized carbons (Fsp3) is 0.727. The summed E-state index contributed by atoms with van der Waals surface area (Å²) >= 11 is 0. The van der Waals surface area contributed by atoms with Crippen LogP contribution in [0.2, 0.25) is 0 Å². The summed E-state index contributed by atoms with van der Waals surface area (Å²) < 4.78 is 4.95. The Balaban J connectivity index is 4.03. The van der Waals surface area contributed by atoms with Crippen LogP contribution in [0.4, 0.5) is 4.79 Å². The molecule has 0 heterocycles. The fourth-order valence-corrected chi connectivity index (χ4v) is 1.19. The van der Waals surface area contributed by atoms with Crippen LogP contribution >= 0.6 is 0 Å². The first-order chi connectivity index (χ1) is 8.11. The van der Waals surface area contributed by atoms with Crippen molar-refractivity contribution in [3.8, 4) is 0 Å². The van der Waals surface area contributed by atoms with Crippen LogP contribution in [0.3, 0.4) is 0 Å². The number of amides is 1. The third kappa shape index (κ3) is 8.37. The molecule has 1 amide bonds. The van der Waals surface area contributed by atoms with Gasteiger partial charge >= 0.3 is 18.0 Å². The van der Waals surface area contributed by atoms with Crippen molar-refractivity contribution in [1.29, 1.82) is 0 Å². The van der Waals surface area contributed by atoms with Gasteiger partial charge in [0, 0.05) is 6.54 Å². The Morgan fingerprint density at radius 1 is 1.22 bits per heavy atom. The zero-order valence-corrected chi connectivity index (χ0v) is 10.7. The summed E-state index contributed by atoms with van der Waals surface area (Å²) in [6.07, 6.45) is -1.08. The van der Waals surface area contributed by atoms with Crippen LogP contribution in [0.15, 0.2) is 0 Å². The molecule has 3 N–H and O–H groups in total. The van der Waals surface area contributed by atoms with Gasteiger partial charge in [-0.2, -0.15) is 0 Å². The molecular formula is C11H19NO6. The van der Waals surface area contributed by atoms with Crippen LogP contribution in [-0.4, -0.2) is 40.4 Å². The SMILES string of the molecule is CC(C)(C)OC(=O)NCC[C@@H](CC(=O)O)C(=O)O. The number of carbonyl (C=O) groups is 3. The van der Waals surface area contributed by atoms with Crippen molar-refractivity contribution in [1.82, 2.24) is 5.32 Å². The highest BCUT2D eigenvalue weighted by Gasteiger charge is 2.21. The second-order valence-electron chi connectivity index (χ2n) is 4.85. The topological polar surface area (TPSA) is 113 Å². The van der Waals surface area contributed by atoms with Crippen LogP contribution in [0, 0.1) is 5.92 Å². The van der Waals surface area contributed by atoms with Crippen LogP contribution < -0.4 is 5.32 Å². The van der Waals surface area contributed by atoms with Gasteiger partial charge in [0.2, 0.25) is 0 Å². The average molecular weight is 261 g/mol. The lowest BCUT2D eigenvalue weighted by atomic mass is 10.0. The number of nitrogens with one attached hydrogen (secondary N) is 1. The lowest BCUT2D eigenvalue weighted by Crippen LogP contribution is -2.34. The Morgan fingerprint density at radius 2 is 1.78 bits per heavy atom. The first-order valence-electron chi connectivity index (χ1n) is 5.53. The summed E-state index contributed by atoms with van der Waals surface area (Å²) in [4.78, 5) is 32.4. The summed E-state index contributed by atoms with van der Waals surface area (Å²) in [5, 5.41) is 19.7. The second kappa shape index (κ2) is 6.83. The van der Waals surface area contributed by atoms with Gasteiger partial charge < -0.3 is 20.3 Å². The van der Waals surface area contributed by atoms with E-state index in [9.17, 15) is 14.4 Å². The molecule has 104 valence electrons. The first kappa shape index (κ1) is 16.2.